The summed E-state index contributed by atoms with van der Waals surface area (Å²) in [5, 5.41) is 11.1. The van der Waals surface area contributed by atoms with Gasteiger partial charge in [0.1, 0.15) is 6.61 Å². The molecule has 0 aliphatic carbocycles. The van der Waals surface area contributed by atoms with Crippen molar-refractivity contribution in [1.29, 1.82) is 0 Å². The van der Waals surface area contributed by atoms with Gasteiger partial charge in [-0.05, 0) is 13.3 Å². The first-order chi connectivity index (χ1) is 6.81. The lowest BCUT2D eigenvalue weighted by molar-refractivity contribution is -0.125. The van der Waals surface area contributed by atoms with E-state index in [0.29, 0.717) is 26.4 Å². The van der Waals surface area contributed by atoms with Crippen molar-refractivity contribution in [2.75, 3.05) is 39.6 Å². The summed E-state index contributed by atoms with van der Waals surface area (Å²) in [6, 6.07) is 0. The molecule has 0 aromatic heterocycles. The van der Waals surface area contributed by atoms with Crippen molar-refractivity contribution < 1.29 is 19.4 Å². The molecular formula is C9H19NO4. The van der Waals surface area contributed by atoms with E-state index in [0.717, 1.165) is 6.42 Å². The van der Waals surface area contributed by atoms with Gasteiger partial charge in [0.05, 0.1) is 13.2 Å². The van der Waals surface area contributed by atoms with Crippen LogP contribution in [0.15, 0.2) is 0 Å². The molecule has 1 amide bonds. The molecule has 0 unspecified atom stereocenters. The van der Waals surface area contributed by atoms with Crippen LogP contribution in [-0.4, -0.2) is 50.6 Å². The molecule has 0 fully saturated rings. The Bertz CT molecular complexity index is 141. The number of aliphatic hydroxyl groups excluding tert-OH is 1. The van der Waals surface area contributed by atoms with E-state index in [1.807, 2.05) is 6.92 Å². The lowest BCUT2D eigenvalue weighted by Crippen LogP contribution is -2.29. The Hall–Kier alpha value is -0.650. The molecule has 5 nitrogen and oxygen atoms in total. The molecule has 0 saturated carbocycles. The van der Waals surface area contributed by atoms with E-state index in [-0.39, 0.29) is 19.1 Å². The lowest BCUT2D eigenvalue weighted by atomic mass is 10.4. The zero-order valence-electron chi connectivity index (χ0n) is 8.62. The van der Waals surface area contributed by atoms with Gasteiger partial charge in [-0.15, -0.1) is 0 Å². The van der Waals surface area contributed by atoms with Crippen LogP contribution in [0.1, 0.15) is 13.3 Å². The third kappa shape index (κ3) is 9.44. The predicted octanol–water partition coefficient (Wildman–Crippen LogP) is -0.462. The first kappa shape index (κ1) is 13.4. The third-order valence-corrected chi connectivity index (χ3v) is 1.46. The number of nitrogens with one attached hydrogen (secondary N) is 1. The average molecular weight is 205 g/mol. The zero-order chi connectivity index (χ0) is 10.6. The van der Waals surface area contributed by atoms with Crippen molar-refractivity contribution >= 4 is 5.91 Å². The SMILES string of the molecule is CCOCC(=O)NCCCOCCO. The topological polar surface area (TPSA) is 67.8 Å². The standard InChI is InChI=1S/C9H19NO4/c1-2-13-8-9(12)10-4-3-6-14-7-5-11/h11H,2-8H2,1H3,(H,10,12). The van der Waals surface area contributed by atoms with Gasteiger partial charge in [-0.2, -0.15) is 0 Å². The molecule has 0 atom stereocenters. The normalized spacial score (nSPS) is 10.1. The Balaban J connectivity index is 3.07. The highest BCUT2D eigenvalue weighted by Gasteiger charge is 1.98. The molecular weight excluding hydrogens is 186 g/mol. The molecule has 0 aromatic rings. The second-order valence-electron chi connectivity index (χ2n) is 2.68. The van der Waals surface area contributed by atoms with E-state index in [9.17, 15) is 4.79 Å². The second kappa shape index (κ2) is 10.4. The van der Waals surface area contributed by atoms with Gasteiger partial charge in [0.2, 0.25) is 5.91 Å². The Morgan fingerprint density at radius 1 is 1.36 bits per heavy atom. The van der Waals surface area contributed by atoms with E-state index in [4.69, 9.17) is 14.6 Å². The zero-order valence-corrected chi connectivity index (χ0v) is 8.62. The molecule has 0 rings (SSSR count). The molecule has 2 N–H and O–H groups in total. The molecule has 0 aliphatic rings. The molecule has 0 aromatic carbocycles. The van der Waals surface area contributed by atoms with Crippen LogP contribution in [0, 0.1) is 0 Å². The molecule has 0 spiro atoms. The van der Waals surface area contributed by atoms with Crippen LogP contribution < -0.4 is 5.32 Å². The monoisotopic (exact) mass is 205 g/mol. The smallest absolute Gasteiger partial charge is 0.245 e. The molecule has 84 valence electrons. The highest BCUT2D eigenvalue weighted by atomic mass is 16.5. The Morgan fingerprint density at radius 3 is 2.79 bits per heavy atom. The molecule has 0 aliphatic heterocycles. The van der Waals surface area contributed by atoms with E-state index in [2.05, 4.69) is 5.32 Å². The highest BCUT2D eigenvalue weighted by molar-refractivity contribution is 5.77. The third-order valence-electron chi connectivity index (χ3n) is 1.46. The van der Waals surface area contributed by atoms with E-state index < -0.39 is 0 Å². The van der Waals surface area contributed by atoms with Gasteiger partial charge in [-0.3, -0.25) is 4.79 Å². The molecule has 0 saturated heterocycles. The predicted molar refractivity (Wildman–Crippen MR) is 52.0 cm³/mol. The fraction of sp³-hybridized carbons (Fsp3) is 0.889. The van der Waals surface area contributed by atoms with Crippen LogP contribution in [0.2, 0.25) is 0 Å². The summed E-state index contributed by atoms with van der Waals surface area (Å²) in [4.78, 5) is 11.0. The summed E-state index contributed by atoms with van der Waals surface area (Å²) in [6.45, 7) is 4.04. The van der Waals surface area contributed by atoms with E-state index in [1.165, 1.54) is 0 Å². The van der Waals surface area contributed by atoms with Crippen molar-refractivity contribution in [2.24, 2.45) is 0 Å². The summed E-state index contributed by atoms with van der Waals surface area (Å²) in [5.74, 6) is -0.103. The van der Waals surface area contributed by atoms with Crippen LogP contribution in [0.4, 0.5) is 0 Å². The van der Waals surface area contributed by atoms with Crippen LogP contribution in [0.5, 0.6) is 0 Å². The van der Waals surface area contributed by atoms with Crippen molar-refractivity contribution in [2.45, 2.75) is 13.3 Å². The van der Waals surface area contributed by atoms with Gasteiger partial charge in [0.25, 0.3) is 0 Å². The van der Waals surface area contributed by atoms with Gasteiger partial charge >= 0.3 is 0 Å². The number of aliphatic hydroxyl groups is 1. The number of carbonyl (C=O) groups is 1. The molecule has 0 bridgehead atoms. The van der Waals surface area contributed by atoms with Gasteiger partial charge in [-0.25, -0.2) is 0 Å². The Labute approximate surface area is 84.4 Å². The Kier molecular flexibility index (Phi) is 9.95. The average Bonchev–Trinajstić information content (AvgIpc) is 2.20. The van der Waals surface area contributed by atoms with Crippen molar-refractivity contribution in [3.8, 4) is 0 Å². The maximum absolute atomic E-state index is 11.0. The second-order valence-corrected chi connectivity index (χ2v) is 2.68. The fourth-order valence-electron chi connectivity index (χ4n) is 0.814. The number of carbonyl (C=O) groups excluding carboxylic acids is 1. The van der Waals surface area contributed by atoms with Gasteiger partial charge in [0, 0.05) is 19.8 Å². The largest absolute Gasteiger partial charge is 0.394 e. The van der Waals surface area contributed by atoms with Gasteiger partial charge < -0.3 is 19.9 Å². The number of hydrogen-bond donors (Lipinski definition) is 2. The summed E-state index contributed by atoms with van der Waals surface area (Å²) in [7, 11) is 0. The first-order valence-electron chi connectivity index (χ1n) is 4.84. The minimum absolute atomic E-state index is 0.0384. The molecule has 0 heterocycles. The minimum Gasteiger partial charge on any atom is -0.394 e. The van der Waals surface area contributed by atoms with Crippen LogP contribution >= 0.6 is 0 Å². The van der Waals surface area contributed by atoms with Crippen molar-refractivity contribution in [1.82, 2.24) is 5.32 Å². The summed E-state index contributed by atoms with van der Waals surface area (Å²) >= 11 is 0. The molecule has 5 heteroatoms. The van der Waals surface area contributed by atoms with Crippen molar-refractivity contribution in [3.63, 3.8) is 0 Å². The van der Waals surface area contributed by atoms with Gasteiger partial charge in [0.15, 0.2) is 0 Å². The van der Waals surface area contributed by atoms with Crippen LogP contribution in [0.25, 0.3) is 0 Å². The number of amides is 1. The quantitative estimate of drug-likeness (QED) is 0.500. The fourth-order valence-corrected chi connectivity index (χ4v) is 0.814. The van der Waals surface area contributed by atoms with Crippen molar-refractivity contribution in [3.05, 3.63) is 0 Å². The lowest BCUT2D eigenvalue weighted by Gasteiger charge is -2.05. The maximum Gasteiger partial charge on any atom is 0.245 e. The van der Waals surface area contributed by atoms with Gasteiger partial charge in [-0.1, -0.05) is 0 Å². The Morgan fingerprint density at radius 2 is 2.14 bits per heavy atom. The minimum atomic E-state index is -0.103. The van der Waals surface area contributed by atoms with E-state index >= 15 is 0 Å². The summed E-state index contributed by atoms with van der Waals surface area (Å²) in [5.41, 5.74) is 0. The number of hydrogen-bond acceptors (Lipinski definition) is 4. The maximum atomic E-state index is 11.0. The summed E-state index contributed by atoms with van der Waals surface area (Å²) in [6.07, 6.45) is 0.748. The van der Waals surface area contributed by atoms with E-state index in [1.54, 1.807) is 0 Å². The number of rotatable bonds is 9. The molecule has 14 heavy (non-hydrogen) atoms. The molecule has 0 radical (unpaired) electrons. The first-order valence-corrected chi connectivity index (χ1v) is 4.84. The van der Waals surface area contributed by atoms with Crippen LogP contribution in [-0.2, 0) is 14.3 Å². The van der Waals surface area contributed by atoms with Crippen LogP contribution in [0.3, 0.4) is 0 Å². The number of ether oxygens (including phenoxy) is 2. The highest BCUT2D eigenvalue weighted by Crippen LogP contribution is 1.81. The summed E-state index contributed by atoms with van der Waals surface area (Å²) < 4.78 is 9.93.